The van der Waals surface area contributed by atoms with Crippen molar-refractivity contribution in [3.05, 3.63) is 21.9 Å². The number of fused-ring (bicyclic) bond motifs is 1. The van der Waals surface area contributed by atoms with E-state index in [1.165, 1.54) is 24.2 Å². The molecule has 2 aromatic rings. The minimum absolute atomic E-state index is 0.186. The van der Waals surface area contributed by atoms with Gasteiger partial charge in [0.1, 0.15) is 5.82 Å². The lowest BCUT2D eigenvalue weighted by Crippen LogP contribution is -2.30. The maximum absolute atomic E-state index is 11.5. The maximum Gasteiger partial charge on any atom is 0.320 e. The summed E-state index contributed by atoms with van der Waals surface area (Å²) in [7, 11) is 1.58. The van der Waals surface area contributed by atoms with E-state index in [9.17, 15) is 4.79 Å². The zero-order valence-corrected chi connectivity index (χ0v) is 15.9. The Labute approximate surface area is 159 Å². The topological polar surface area (TPSA) is 92.3 Å². The first-order valence-corrected chi connectivity index (χ1v) is 9.70. The van der Waals surface area contributed by atoms with Crippen LogP contribution in [-0.2, 0) is 13.0 Å². The summed E-state index contributed by atoms with van der Waals surface area (Å²) in [4.78, 5) is 27.7. The van der Waals surface area contributed by atoms with Crippen LogP contribution >= 0.6 is 22.9 Å². The Morgan fingerprint density at radius 1 is 1.42 bits per heavy atom. The van der Waals surface area contributed by atoms with Gasteiger partial charge in [0.05, 0.1) is 18.8 Å². The molecule has 0 bridgehead atoms. The van der Waals surface area contributed by atoms with Gasteiger partial charge in [-0.15, -0.1) is 0 Å². The van der Waals surface area contributed by atoms with E-state index >= 15 is 0 Å². The molecule has 10 heteroatoms. The molecule has 0 saturated heterocycles. The molecule has 2 aromatic heterocycles. The molecule has 2 amide bonds. The van der Waals surface area contributed by atoms with Crippen molar-refractivity contribution in [2.75, 3.05) is 30.4 Å². The number of aromatic nitrogens is 3. The molecule has 26 heavy (non-hydrogen) atoms. The lowest BCUT2D eigenvalue weighted by molar-refractivity contribution is 0.254. The Bertz CT molecular complexity index is 825. The largest absolute Gasteiger partial charge is 0.477 e. The van der Waals surface area contributed by atoms with Crippen molar-refractivity contribution in [1.29, 1.82) is 0 Å². The highest BCUT2D eigenvalue weighted by Gasteiger charge is 2.25. The average molecular weight is 395 g/mol. The second-order valence-corrected chi connectivity index (χ2v) is 7.77. The van der Waals surface area contributed by atoms with Crippen LogP contribution in [0.25, 0.3) is 0 Å². The minimum Gasteiger partial charge on any atom is -0.477 e. The van der Waals surface area contributed by atoms with Gasteiger partial charge < -0.3 is 15.0 Å². The molecule has 1 aliphatic heterocycles. The fraction of sp³-hybridized carbons (Fsp3) is 0.500. The van der Waals surface area contributed by atoms with Crippen LogP contribution in [0.1, 0.15) is 23.4 Å². The number of anilines is 2. The normalized spacial score (nSPS) is 16.2. The first-order valence-electron chi connectivity index (χ1n) is 8.50. The maximum atomic E-state index is 11.5. The number of carbonyl (C=O) groups excluding carboxylic acids is 1. The van der Waals surface area contributed by atoms with Gasteiger partial charge in [-0.2, -0.15) is 4.98 Å². The SMILES string of the molecule is CNC(=O)Nc1nc2c(s1)CN(c1cc(OCC3CC3)nc(Cl)n1)CC2. The Kier molecular flexibility index (Phi) is 4.82. The number of ether oxygens (including phenoxy) is 1. The zero-order valence-electron chi connectivity index (χ0n) is 14.3. The number of urea groups is 1. The predicted octanol–water partition coefficient (Wildman–Crippen LogP) is 2.69. The van der Waals surface area contributed by atoms with Crippen molar-refractivity contribution >= 4 is 39.9 Å². The lowest BCUT2D eigenvalue weighted by atomic mass is 10.2. The summed E-state index contributed by atoms with van der Waals surface area (Å²) in [5.41, 5.74) is 1.02. The number of hydrogen-bond donors (Lipinski definition) is 2. The molecule has 0 unspecified atom stereocenters. The van der Waals surface area contributed by atoms with E-state index in [1.807, 2.05) is 6.07 Å². The monoisotopic (exact) mass is 394 g/mol. The number of nitrogens with one attached hydrogen (secondary N) is 2. The Morgan fingerprint density at radius 3 is 3.04 bits per heavy atom. The summed E-state index contributed by atoms with van der Waals surface area (Å²) in [6.45, 7) is 2.11. The highest BCUT2D eigenvalue weighted by molar-refractivity contribution is 7.15. The van der Waals surface area contributed by atoms with Crippen LogP contribution < -0.4 is 20.3 Å². The van der Waals surface area contributed by atoms with E-state index in [4.69, 9.17) is 16.3 Å². The van der Waals surface area contributed by atoms with Crippen LogP contribution in [-0.4, -0.2) is 41.2 Å². The molecule has 0 radical (unpaired) electrons. The third-order valence-electron chi connectivity index (χ3n) is 4.33. The molecule has 1 fully saturated rings. The fourth-order valence-electron chi connectivity index (χ4n) is 2.71. The van der Waals surface area contributed by atoms with Crippen LogP contribution in [0.2, 0.25) is 5.28 Å². The van der Waals surface area contributed by atoms with Crippen molar-refractivity contribution in [3.63, 3.8) is 0 Å². The van der Waals surface area contributed by atoms with Gasteiger partial charge in [-0.1, -0.05) is 11.3 Å². The van der Waals surface area contributed by atoms with Gasteiger partial charge in [-0.3, -0.25) is 5.32 Å². The molecule has 4 rings (SSSR count). The Balaban J connectivity index is 1.48. The molecule has 0 spiro atoms. The van der Waals surface area contributed by atoms with Crippen LogP contribution in [0, 0.1) is 5.92 Å². The third-order valence-corrected chi connectivity index (χ3v) is 5.50. The average Bonchev–Trinajstić information content (AvgIpc) is 3.37. The van der Waals surface area contributed by atoms with Crippen molar-refractivity contribution in [2.24, 2.45) is 5.92 Å². The van der Waals surface area contributed by atoms with Gasteiger partial charge in [0, 0.05) is 31.0 Å². The van der Waals surface area contributed by atoms with Crippen molar-refractivity contribution in [3.8, 4) is 5.88 Å². The summed E-state index contributed by atoms with van der Waals surface area (Å²) in [5.74, 6) is 1.91. The molecule has 8 nitrogen and oxygen atoms in total. The van der Waals surface area contributed by atoms with E-state index in [1.54, 1.807) is 7.05 Å². The van der Waals surface area contributed by atoms with E-state index in [-0.39, 0.29) is 11.3 Å². The summed E-state index contributed by atoms with van der Waals surface area (Å²) >= 11 is 7.56. The van der Waals surface area contributed by atoms with Gasteiger partial charge >= 0.3 is 6.03 Å². The number of nitrogens with zero attached hydrogens (tertiary/aromatic N) is 4. The fourth-order valence-corrected chi connectivity index (χ4v) is 3.90. The zero-order chi connectivity index (χ0) is 18.1. The minimum atomic E-state index is -0.270. The van der Waals surface area contributed by atoms with E-state index < -0.39 is 0 Å². The highest BCUT2D eigenvalue weighted by Crippen LogP contribution is 2.32. The van der Waals surface area contributed by atoms with Gasteiger partial charge in [0.25, 0.3) is 0 Å². The van der Waals surface area contributed by atoms with E-state index in [0.717, 1.165) is 29.4 Å². The number of thiazole rings is 1. The molecule has 3 heterocycles. The first-order chi connectivity index (χ1) is 12.6. The summed E-state index contributed by atoms with van der Waals surface area (Å²) in [6.07, 6.45) is 3.22. The Morgan fingerprint density at radius 2 is 2.27 bits per heavy atom. The van der Waals surface area contributed by atoms with Crippen LogP contribution in [0.3, 0.4) is 0 Å². The molecule has 0 atom stereocenters. The number of amides is 2. The third kappa shape index (κ3) is 3.99. The first kappa shape index (κ1) is 17.3. The van der Waals surface area contributed by atoms with Crippen molar-refractivity contribution in [2.45, 2.75) is 25.8 Å². The summed E-state index contributed by atoms with van der Waals surface area (Å²) < 4.78 is 5.75. The van der Waals surface area contributed by atoms with Crippen molar-refractivity contribution in [1.82, 2.24) is 20.3 Å². The van der Waals surface area contributed by atoms with Gasteiger partial charge in [0.15, 0.2) is 5.13 Å². The Hall–Kier alpha value is -2.13. The van der Waals surface area contributed by atoms with Crippen LogP contribution in [0.4, 0.5) is 15.7 Å². The summed E-state index contributed by atoms with van der Waals surface area (Å²) in [6, 6.07) is 1.57. The number of halogens is 1. The van der Waals surface area contributed by atoms with Gasteiger partial charge in [-0.25, -0.2) is 14.8 Å². The standard InChI is InChI=1S/C16H19ClN6O2S/c1-18-15(24)22-16-19-10-4-5-23(7-11(10)26-16)12-6-13(21-14(17)20-12)25-8-9-2-3-9/h6,9H,2-5,7-8H2,1H3,(H2,18,19,22,24). The molecule has 1 aliphatic carbocycles. The second-order valence-electron chi connectivity index (χ2n) is 6.35. The lowest BCUT2D eigenvalue weighted by Gasteiger charge is -2.27. The molecular formula is C16H19ClN6O2S. The van der Waals surface area contributed by atoms with Gasteiger partial charge in [0.2, 0.25) is 11.2 Å². The molecule has 2 aliphatic rings. The molecular weight excluding hydrogens is 376 g/mol. The van der Waals surface area contributed by atoms with E-state index in [2.05, 4.69) is 30.5 Å². The predicted molar refractivity (Wildman–Crippen MR) is 100 cm³/mol. The van der Waals surface area contributed by atoms with Gasteiger partial charge in [-0.05, 0) is 30.4 Å². The highest BCUT2D eigenvalue weighted by atomic mass is 35.5. The van der Waals surface area contributed by atoms with E-state index in [0.29, 0.717) is 30.1 Å². The molecule has 2 N–H and O–H groups in total. The number of carbonyl (C=O) groups is 1. The summed E-state index contributed by atoms with van der Waals surface area (Å²) in [5, 5.41) is 6.04. The molecule has 0 aromatic carbocycles. The van der Waals surface area contributed by atoms with Crippen molar-refractivity contribution < 1.29 is 9.53 Å². The van der Waals surface area contributed by atoms with Crippen LogP contribution in [0.5, 0.6) is 5.88 Å². The number of hydrogen-bond acceptors (Lipinski definition) is 7. The molecule has 138 valence electrons. The van der Waals surface area contributed by atoms with Crippen LogP contribution in [0.15, 0.2) is 6.07 Å². The smallest absolute Gasteiger partial charge is 0.320 e. The second kappa shape index (κ2) is 7.24. The quantitative estimate of drug-likeness (QED) is 0.757. The molecule has 1 saturated carbocycles. The number of rotatable bonds is 5.